The molecule has 0 saturated carbocycles. The summed E-state index contributed by atoms with van der Waals surface area (Å²) in [5, 5.41) is 0. The molecule has 4 nitrogen and oxygen atoms in total. The smallest absolute Gasteiger partial charge is 0.244 e. The van der Waals surface area contributed by atoms with Crippen molar-refractivity contribution in [3.05, 3.63) is 89.5 Å². The van der Waals surface area contributed by atoms with Crippen LogP contribution in [0.3, 0.4) is 0 Å². The molecule has 0 aliphatic heterocycles. The molecule has 0 saturated heterocycles. The molecule has 0 radical (unpaired) electrons. The summed E-state index contributed by atoms with van der Waals surface area (Å²) in [7, 11) is 0. The van der Waals surface area contributed by atoms with E-state index in [0.717, 1.165) is 24.0 Å². The maximum Gasteiger partial charge on any atom is 0.244 e. The van der Waals surface area contributed by atoms with Crippen LogP contribution < -0.4 is 17.0 Å². The van der Waals surface area contributed by atoms with Crippen molar-refractivity contribution in [2.75, 3.05) is 0 Å². The van der Waals surface area contributed by atoms with E-state index in [4.69, 9.17) is 0 Å². The lowest BCUT2D eigenvalue weighted by atomic mass is 10.0. The van der Waals surface area contributed by atoms with Crippen LogP contribution in [-0.4, -0.2) is 16.1 Å². The molecule has 2 aromatic carbocycles. The molecule has 0 aliphatic rings. The van der Waals surface area contributed by atoms with Gasteiger partial charge in [0.1, 0.15) is 12.4 Å². The molecule has 0 aliphatic carbocycles. The number of nitrogens with zero attached hydrogens (tertiary/aromatic N) is 2. The standard InChI is InChI=1S/C27H33N2O2.ClH/c1-3-5-7-22-9-13-24(14-10-22)26(30)19-28-17-18-29(21-28)20-27(31)25-15-11-23(12-16-25)8-6-4-2;/h9-18,21H,3-8,19-20H2,1-2H3;1H/q+1;/p-1. The number of ketones is 2. The van der Waals surface area contributed by atoms with Crippen molar-refractivity contribution < 1.29 is 26.6 Å². The average Bonchev–Trinajstić information content (AvgIpc) is 3.23. The lowest BCUT2D eigenvalue weighted by Gasteiger charge is -2.03. The quantitative estimate of drug-likeness (QED) is 0.312. The predicted molar refractivity (Wildman–Crippen MR) is 123 cm³/mol. The Labute approximate surface area is 197 Å². The van der Waals surface area contributed by atoms with Gasteiger partial charge in [-0.05, 0) is 36.8 Å². The zero-order valence-electron chi connectivity index (χ0n) is 19.1. The van der Waals surface area contributed by atoms with Crippen molar-refractivity contribution in [1.82, 2.24) is 4.57 Å². The number of rotatable bonds is 12. The second-order valence-corrected chi connectivity index (χ2v) is 8.21. The Kier molecular flexibility index (Phi) is 10.4. The lowest BCUT2D eigenvalue weighted by molar-refractivity contribution is -0.682. The topological polar surface area (TPSA) is 43.0 Å². The third-order valence-corrected chi connectivity index (χ3v) is 5.59. The van der Waals surface area contributed by atoms with Gasteiger partial charge in [0.2, 0.25) is 17.9 Å². The first-order chi connectivity index (χ1) is 15.1. The number of imidazole rings is 1. The van der Waals surface area contributed by atoms with E-state index < -0.39 is 0 Å². The minimum Gasteiger partial charge on any atom is -1.00 e. The number of hydrogen-bond donors (Lipinski definition) is 0. The Morgan fingerprint density at radius 1 is 0.781 bits per heavy atom. The zero-order chi connectivity index (χ0) is 22.1. The summed E-state index contributed by atoms with van der Waals surface area (Å²) in [6.45, 7) is 4.89. The van der Waals surface area contributed by atoms with Gasteiger partial charge < -0.3 is 12.4 Å². The van der Waals surface area contributed by atoms with Crippen LogP contribution in [-0.2, 0) is 25.9 Å². The summed E-state index contributed by atoms with van der Waals surface area (Å²) in [4.78, 5) is 25.2. The molecule has 1 aromatic heterocycles. The van der Waals surface area contributed by atoms with Gasteiger partial charge in [0, 0.05) is 11.1 Å². The van der Waals surface area contributed by atoms with Crippen molar-refractivity contribution in [3.8, 4) is 0 Å². The first kappa shape index (κ1) is 25.5. The van der Waals surface area contributed by atoms with Gasteiger partial charge in [-0.25, -0.2) is 9.13 Å². The number of hydrogen-bond acceptors (Lipinski definition) is 2. The van der Waals surface area contributed by atoms with E-state index >= 15 is 0 Å². The molecule has 0 N–H and O–H groups in total. The van der Waals surface area contributed by atoms with E-state index in [1.54, 1.807) is 0 Å². The highest BCUT2D eigenvalue weighted by molar-refractivity contribution is 5.96. The van der Waals surface area contributed by atoms with E-state index in [2.05, 4.69) is 13.8 Å². The summed E-state index contributed by atoms with van der Waals surface area (Å²) < 4.78 is 3.66. The van der Waals surface area contributed by atoms with Crippen LogP contribution in [0.1, 0.15) is 71.4 Å². The van der Waals surface area contributed by atoms with Crippen LogP contribution in [0.25, 0.3) is 0 Å². The minimum absolute atomic E-state index is 0. The first-order valence-electron chi connectivity index (χ1n) is 11.4. The van der Waals surface area contributed by atoms with Gasteiger partial charge in [0.25, 0.3) is 0 Å². The van der Waals surface area contributed by atoms with E-state index in [0.29, 0.717) is 0 Å². The second-order valence-electron chi connectivity index (χ2n) is 8.21. The Bertz CT molecular complexity index is 911. The molecule has 5 heteroatoms. The number of unbranched alkanes of at least 4 members (excludes halogenated alkanes) is 2. The highest BCUT2D eigenvalue weighted by Gasteiger charge is 2.14. The van der Waals surface area contributed by atoms with Crippen molar-refractivity contribution in [2.24, 2.45) is 0 Å². The molecule has 1 heterocycles. The van der Waals surface area contributed by atoms with Gasteiger partial charge in [-0.2, -0.15) is 0 Å². The molecule has 0 spiro atoms. The van der Waals surface area contributed by atoms with Crippen LogP contribution in [0.4, 0.5) is 0 Å². The zero-order valence-corrected chi connectivity index (χ0v) is 19.9. The molecule has 0 amide bonds. The lowest BCUT2D eigenvalue weighted by Crippen LogP contribution is -3.00. The molecule has 3 rings (SSSR count). The highest BCUT2D eigenvalue weighted by atomic mass is 35.5. The van der Waals surface area contributed by atoms with Gasteiger partial charge in [-0.15, -0.1) is 0 Å². The Hall–Kier alpha value is -2.72. The van der Waals surface area contributed by atoms with Crippen LogP contribution in [0.5, 0.6) is 0 Å². The number of aryl methyl sites for hydroxylation is 2. The molecule has 0 fully saturated rings. The molecule has 170 valence electrons. The van der Waals surface area contributed by atoms with Crippen molar-refractivity contribution in [1.29, 1.82) is 0 Å². The third-order valence-electron chi connectivity index (χ3n) is 5.59. The maximum absolute atomic E-state index is 12.6. The molecule has 32 heavy (non-hydrogen) atoms. The van der Waals surface area contributed by atoms with Gasteiger partial charge in [-0.3, -0.25) is 9.59 Å². The first-order valence-corrected chi connectivity index (χ1v) is 11.4. The van der Waals surface area contributed by atoms with E-state index in [1.807, 2.05) is 76.4 Å². The fraction of sp³-hybridized carbons (Fsp3) is 0.370. The largest absolute Gasteiger partial charge is 1.00 e. The molecule has 0 bridgehead atoms. The molecule has 0 atom stereocenters. The molecule has 3 aromatic rings. The molecular formula is C27H33ClN2O2. The summed E-state index contributed by atoms with van der Waals surface area (Å²) in [5.41, 5.74) is 3.99. The maximum atomic E-state index is 12.6. The molecule has 0 unspecified atom stereocenters. The van der Waals surface area contributed by atoms with Gasteiger partial charge >= 0.3 is 0 Å². The second kappa shape index (κ2) is 13.0. The van der Waals surface area contributed by atoms with Crippen LogP contribution in [0.15, 0.2) is 67.3 Å². The SMILES string of the molecule is CCCCc1ccc(C(=O)Cn2cc[n+](CC(=O)c3ccc(CCCC)cc3)c2)cc1.[Cl-]. The van der Waals surface area contributed by atoms with E-state index in [-0.39, 0.29) is 37.1 Å². The Balaban J connectivity index is 0.00000363. The van der Waals surface area contributed by atoms with Crippen LogP contribution in [0, 0.1) is 0 Å². The molecular weight excluding hydrogens is 420 g/mol. The fourth-order valence-corrected chi connectivity index (χ4v) is 3.62. The summed E-state index contributed by atoms with van der Waals surface area (Å²) in [5.74, 6) is 0.137. The number of halogens is 1. The van der Waals surface area contributed by atoms with Crippen LogP contribution >= 0.6 is 0 Å². The highest BCUT2D eigenvalue weighted by Crippen LogP contribution is 2.10. The number of benzene rings is 2. The minimum atomic E-state index is 0. The Morgan fingerprint density at radius 2 is 1.28 bits per heavy atom. The summed E-state index contributed by atoms with van der Waals surface area (Å²) >= 11 is 0. The average molecular weight is 453 g/mol. The Morgan fingerprint density at radius 3 is 1.78 bits per heavy atom. The monoisotopic (exact) mass is 452 g/mol. The summed E-state index contributed by atoms with van der Waals surface area (Å²) in [6, 6.07) is 15.8. The normalized spacial score (nSPS) is 10.6. The number of aromatic nitrogens is 2. The van der Waals surface area contributed by atoms with E-state index in [1.165, 1.54) is 36.8 Å². The third kappa shape index (κ3) is 7.45. The van der Waals surface area contributed by atoms with Crippen LogP contribution in [0.2, 0.25) is 0 Å². The van der Waals surface area contributed by atoms with Crippen molar-refractivity contribution in [3.63, 3.8) is 0 Å². The van der Waals surface area contributed by atoms with Gasteiger partial charge in [0.05, 0.1) is 0 Å². The van der Waals surface area contributed by atoms with Crippen molar-refractivity contribution >= 4 is 11.6 Å². The van der Waals surface area contributed by atoms with Gasteiger partial charge in [0.15, 0.2) is 13.1 Å². The fourth-order valence-electron chi connectivity index (χ4n) is 3.62. The summed E-state index contributed by atoms with van der Waals surface area (Å²) in [6.07, 6.45) is 12.3. The predicted octanol–water partition coefficient (Wildman–Crippen LogP) is 2.23. The van der Waals surface area contributed by atoms with E-state index in [9.17, 15) is 9.59 Å². The number of Topliss-reactive ketones (excluding diaryl/α,β-unsaturated/α-hetero) is 2. The number of carbonyl (C=O) groups is 2. The van der Waals surface area contributed by atoms with Gasteiger partial charge in [-0.1, -0.05) is 75.2 Å². The van der Waals surface area contributed by atoms with Crippen molar-refractivity contribution in [2.45, 2.75) is 65.5 Å². The number of carbonyl (C=O) groups excluding carboxylic acids is 2.